The maximum Gasteiger partial charge on any atom is 0.338 e. The maximum atomic E-state index is 11.5. The summed E-state index contributed by atoms with van der Waals surface area (Å²) in [6.07, 6.45) is 1.64. The third-order valence-corrected chi connectivity index (χ3v) is 2.29. The molecule has 0 amide bonds. The first kappa shape index (κ1) is 13.3. The molecule has 0 unspecified atom stereocenters. The van der Waals surface area contributed by atoms with Gasteiger partial charge in [0.1, 0.15) is 0 Å². The molecule has 0 radical (unpaired) electrons. The molecule has 0 aliphatic carbocycles. The number of benzene rings is 1. The van der Waals surface area contributed by atoms with Crippen LogP contribution in [-0.4, -0.2) is 17.6 Å². The monoisotopic (exact) mass is 252 g/mol. The summed E-state index contributed by atoms with van der Waals surface area (Å²) >= 11 is 0. The van der Waals surface area contributed by atoms with Crippen molar-refractivity contribution in [3.8, 4) is 0 Å². The van der Waals surface area contributed by atoms with Crippen LogP contribution in [0, 0.1) is 0 Å². The Labute approximate surface area is 105 Å². The van der Waals surface area contributed by atoms with Crippen LogP contribution in [0.5, 0.6) is 0 Å². The van der Waals surface area contributed by atoms with Gasteiger partial charge in [0.15, 0.2) is 0 Å². The molecular weight excluding hydrogens is 240 g/mol. The number of halogens is 1. The second-order valence-corrected chi connectivity index (χ2v) is 3.35. The van der Waals surface area contributed by atoms with Crippen molar-refractivity contribution in [2.45, 2.75) is 6.92 Å². The number of anilines is 1. The Balaban J connectivity index is 0.00000144. The summed E-state index contributed by atoms with van der Waals surface area (Å²) in [5.41, 5.74) is 7.68. The molecule has 5 heteroatoms. The number of ether oxygens (including phenoxy) is 1. The molecule has 0 aliphatic rings. The molecule has 1 aromatic carbocycles. The van der Waals surface area contributed by atoms with E-state index in [0.29, 0.717) is 17.9 Å². The predicted octanol–water partition coefficient (Wildman–Crippen LogP) is 2.42. The zero-order valence-corrected chi connectivity index (χ0v) is 10.2. The van der Waals surface area contributed by atoms with Crippen molar-refractivity contribution < 1.29 is 9.53 Å². The van der Waals surface area contributed by atoms with Crippen molar-refractivity contribution in [3.63, 3.8) is 0 Å². The van der Waals surface area contributed by atoms with Crippen LogP contribution in [0.1, 0.15) is 17.3 Å². The van der Waals surface area contributed by atoms with E-state index in [4.69, 9.17) is 10.5 Å². The van der Waals surface area contributed by atoms with Gasteiger partial charge < -0.3 is 10.5 Å². The number of pyridine rings is 1. The average molecular weight is 253 g/mol. The number of carbonyl (C=O) groups is 1. The summed E-state index contributed by atoms with van der Waals surface area (Å²) < 4.78 is 4.92. The van der Waals surface area contributed by atoms with Crippen molar-refractivity contribution in [1.29, 1.82) is 0 Å². The first-order valence-electron chi connectivity index (χ1n) is 5.03. The highest BCUT2D eigenvalue weighted by molar-refractivity contribution is 5.98. The second kappa shape index (κ2) is 5.50. The molecule has 1 aromatic heterocycles. The SMILES string of the molecule is CCOC(=O)c1ccc2nccc(N)c2c1.Cl. The molecule has 90 valence electrons. The Morgan fingerprint density at radius 2 is 2.18 bits per heavy atom. The second-order valence-electron chi connectivity index (χ2n) is 3.35. The number of hydrogen-bond donors (Lipinski definition) is 1. The molecule has 17 heavy (non-hydrogen) atoms. The molecule has 0 saturated carbocycles. The highest BCUT2D eigenvalue weighted by Crippen LogP contribution is 2.20. The Morgan fingerprint density at radius 1 is 1.41 bits per heavy atom. The van der Waals surface area contributed by atoms with E-state index in [-0.39, 0.29) is 18.4 Å². The van der Waals surface area contributed by atoms with Crippen LogP contribution in [0.25, 0.3) is 10.9 Å². The van der Waals surface area contributed by atoms with Crippen molar-refractivity contribution >= 4 is 35.0 Å². The predicted molar refractivity (Wildman–Crippen MR) is 69.4 cm³/mol. The molecule has 0 fully saturated rings. The quantitative estimate of drug-likeness (QED) is 0.834. The van der Waals surface area contributed by atoms with Gasteiger partial charge >= 0.3 is 5.97 Å². The summed E-state index contributed by atoms with van der Waals surface area (Å²) in [5, 5.41) is 0.771. The summed E-state index contributed by atoms with van der Waals surface area (Å²) in [7, 11) is 0. The highest BCUT2D eigenvalue weighted by Gasteiger charge is 2.08. The van der Waals surface area contributed by atoms with Crippen LogP contribution in [0.4, 0.5) is 5.69 Å². The van der Waals surface area contributed by atoms with Crippen LogP contribution < -0.4 is 5.73 Å². The largest absolute Gasteiger partial charge is 0.462 e. The van der Waals surface area contributed by atoms with E-state index in [0.717, 1.165) is 10.9 Å². The maximum absolute atomic E-state index is 11.5. The van der Waals surface area contributed by atoms with Crippen LogP contribution in [-0.2, 0) is 4.74 Å². The normalized spacial score (nSPS) is 9.71. The van der Waals surface area contributed by atoms with E-state index in [1.165, 1.54) is 0 Å². The lowest BCUT2D eigenvalue weighted by molar-refractivity contribution is 0.0526. The van der Waals surface area contributed by atoms with Gasteiger partial charge in [-0.05, 0) is 31.2 Å². The molecule has 0 bridgehead atoms. The molecule has 2 N–H and O–H groups in total. The Morgan fingerprint density at radius 3 is 2.88 bits per heavy atom. The molecule has 0 saturated heterocycles. The van der Waals surface area contributed by atoms with E-state index in [2.05, 4.69) is 4.98 Å². The first-order valence-corrected chi connectivity index (χ1v) is 5.03. The van der Waals surface area contributed by atoms with E-state index in [1.807, 2.05) is 0 Å². The first-order chi connectivity index (χ1) is 7.72. The van der Waals surface area contributed by atoms with Gasteiger partial charge in [-0.15, -0.1) is 12.4 Å². The fraction of sp³-hybridized carbons (Fsp3) is 0.167. The van der Waals surface area contributed by atoms with E-state index in [9.17, 15) is 4.79 Å². The fourth-order valence-electron chi connectivity index (χ4n) is 1.51. The van der Waals surface area contributed by atoms with Crippen LogP contribution in [0.3, 0.4) is 0 Å². The van der Waals surface area contributed by atoms with Crippen molar-refractivity contribution in [2.75, 3.05) is 12.3 Å². The highest BCUT2D eigenvalue weighted by atomic mass is 35.5. The summed E-state index contributed by atoms with van der Waals surface area (Å²) in [4.78, 5) is 15.7. The summed E-state index contributed by atoms with van der Waals surface area (Å²) in [6.45, 7) is 2.13. The molecular formula is C12H13ClN2O2. The molecule has 0 atom stereocenters. The van der Waals surface area contributed by atoms with Gasteiger partial charge in [-0.25, -0.2) is 4.79 Å². The summed E-state index contributed by atoms with van der Waals surface area (Å²) in [6, 6.07) is 6.86. The zero-order chi connectivity index (χ0) is 11.5. The minimum atomic E-state index is -0.340. The van der Waals surface area contributed by atoms with Gasteiger partial charge in [-0.2, -0.15) is 0 Å². The van der Waals surface area contributed by atoms with Gasteiger partial charge in [0.05, 0.1) is 17.7 Å². The fourth-order valence-corrected chi connectivity index (χ4v) is 1.51. The zero-order valence-electron chi connectivity index (χ0n) is 9.34. The molecule has 1 heterocycles. The molecule has 0 spiro atoms. The summed E-state index contributed by atoms with van der Waals surface area (Å²) in [5.74, 6) is -0.340. The van der Waals surface area contributed by atoms with Crippen LogP contribution >= 0.6 is 12.4 Å². The van der Waals surface area contributed by atoms with Crippen LogP contribution in [0.2, 0.25) is 0 Å². The molecule has 0 aliphatic heterocycles. The Bertz CT molecular complexity index is 543. The van der Waals surface area contributed by atoms with Crippen LogP contribution in [0.15, 0.2) is 30.5 Å². The van der Waals surface area contributed by atoms with Gasteiger partial charge in [0, 0.05) is 17.3 Å². The van der Waals surface area contributed by atoms with Gasteiger partial charge in [-0.1, -0.05) is 0 Å². The number of rotatable bonds is 2. The van der Waals surface area contributed by atoms with E-state index < -0.39 is 0 Å². The topological polar surface area (TPSA) is 65.2 Å². The lowest BCUT2D eigenvalue weighted by atomic mass is 10.1. The number of nitrogens with zero attached hydrogens (tertiary/aromatic N) is 1. The minimum Gasteiger partial charge on any atom is -0.462 e. The van der Waals surface area contributed by atoms with Crippen molar-refractivity contribution in [1.82, 2.24) is 4.98 Å². The number of esters is 1. The lowest BCUT2D eigenvalue weighted by Crippen LogP contribution is -2.04. The number of aromatic nitrogens is 1. The number of nitrogen functional groups attached to an aromatic ring is 1. The number of hydrogen-bond acceptors (Lipinski definition) is 4. The van der Waals surface area contributed by atoms with Gasteiger partial charge in [-0.3, -0.25) is 4.98 Å². The molecule has 2 aromatic rings. The standard InChI is InChI=1S/C12H12N2O2.ClH/c1-2-16-12(15)8-3-4-11-9(7-8)10(13)5-6-14-11;/h3-7H,2H2,1H3,(H2,13,14);1H. The average Bonchev–Trinajstić information content (AvgIpc) is 2.29. The van der Waals surface area contributed by atoms with Crippen molar-refractivity contribution in [3.05, 3.63) is 36.0 Å². The van der Waals surface area contributed by atoms with Gasteiger partial charge in [0.25, 0.3) is 0 Å². The van der Waals surface area contributed by atoms with E-state index in [1.54, 1.807) is 37.4 Å². The Kier molecular flexibility index (Phi) is 4.29. The lowest BCUT2D eigenvalue weighted by Gasteiger charge is -2.04. The molecule has 2 rings (SSSR count). The van der Waals surface area contributed by atoms with Gasteiger partial charge in [0.2, 0.25) is 0 Å². The third kappa shape index (κ3) is 2.65. The van der Waals surface area contributed by atoms with E-state index >= 15 is 0 Å². The number of fused-ring (bicyclic) bond motifs is 1. The van der Waals surface area contributed by atoms with Crippen molar-refractivity contribution in [2.24, 2.45) is 0 Å². The molecule has 4 nitrogen and oxygen atoms in total. The minimum absolute atomic E-state index is 0. The smallest absolute Gasteiger partial charge is 0.338 e. The third-order valence-electron chi connectivity index (χ3n) is 2.29. The Hall–Kier alpha value is -1.81. The number of nitrogens with two attached hydrogens (primary N) is 1. The number of carbonyl (C=O) groups excluding carboxylic acids is 1.